The van der Waals surface area contributed by atoms with E-state index in [-0.39, 0.29) is 17.2 Å². The van der Waals surface area contributed by atoms with Crippen LogP contribution in [0.25, 0.3) is 0 Å². The number of methoxy groups -OCH3 is 1. The molecule has 0 N–H and O–H groups in total. The quantitative estimate of drug-likeness (QED) is 0.470. The molecular weight excluding hydrogens is 250 g/mol. The molecule has 1 aliphatic heterocycles. The topological polar surface area (TPSA) is 85.6 Å². The van der Waals surface area contributed by atoms with Gasteiger partial charge >= 0.3 is 11.7 Å². The Morgan fingerprint density at radius 1 is 1.37 bits per heavy atom. The zero-order valence-electron chi connectivity index (χ0n) is 10.7. The van der Waals surface area contributed by atoms with Crippen molar-refractivity contribution < 1.29 is 14.5 Å². The number of nitro groups is 1. The van der Waals surface area contributed by atoms with Gasteiger partial charge in [0.15, 0.2) is 5.69 Å². The first kappa shape index (κ1) is 13.3. The number of hydrogen-bond donors (Lipinski definition) is 0. The summed E-state index contributed by atoms with van der Waals surface area (Å²) in [6.45, 7) is 1.44. The minimum atomic E-state index is -0.590. The van der Waals surface area contributed by atoms with Crippen LogP contribution in [0.5, 0.6) is 0 Å². The van der Waals surface area contributed by atoms with Gasteiger partial charge in [-0.05, 0) is 25.3 Å². The van der Waals surface area contributed by atoms with Gasteiger partial charge in [0.2, 0.25) is 5.82 Å². The molecule has 1 saturated heterocycles. The highest BCUT2D eigenvalue weighted by Gasteiger charge is 2.24. The fraction of sp³-hybridized carbons (Fsp3) is 0.500. The minimum Gasteiger partial charge on any atom is -0.464 e. The molecule has 0 spiro atoms. The number of rotatable bonds is 3. The number of aromatic nitrogens is 1. The van der Waals surface area contributed by atoms with Crippen molar-refractivity contribution in [3.8, 4) is 0 Å². The molecule has 0 atom stereocenters. The van der Waals surface area contributed by atoms with Gasteiger partial charge in [-0.1, -0.05) is 0 Å². The first-order chi connectivity index (χ1) is 9.13. The number of piperidine rings is 1. The molecule has 0 aliphatic carbocycles. The van der Waals surface area contributed by atoms with Crippen molar-refractivity contribution in [2.45, 2.75) is 19.3 Å². The molecule has 1 aromatic heterocycles. The molecule has 1 fully saturated rings. The number of carbonyl (C=O) groups is 1. The molecule has 1 aromatic rings. The molecule has 19 heavy (non-hydrogen) atoms. The summed E-state index contributed by atoms with van der Waals surface area (Å²) in [5, 5.41) is 11.0. The lowest BCUT2D eigenvalue weighted by Crippen LogP contribution is -2.31. The standard InChI is InChI=1S/C12H15N3O4/c1-19-12(16)9-5-6-10(15(17)18)11(13-9)14-7-3-2-4-8-14/h5-6H,2-4,7-8H2,1H3. The van der Waals surface area contributed by atoms with Crippen molar-refractivity contribution in [2.75, 3.05) is 25.1 Å². The van der Waals surface area contributed by atoms with E-state index in [1.54, 1.807) is 0 Å². The fourth-order valence-electron chi connectivity index (χ4n) is 2.14. The van der Waals surface area contributed by atoms with Gasteiger partial charge < -0.3 is 9.64 Å². The van der Waals surface area contributed by atoms with Crippen LogP contribution in [-0.4, -0.2) is 36.1 Å². The van der Waals surface area contributed by atoms with Gasteiger partial charge in [0.25, 0.3) is 0 Å². The average Bonchev–Trinajstić information content (AvgIpc) is 2.46. The number of hydrogen-bond acceptors (Lipinski definition) is 6. The monoisotopic (exact) mass is 265 g/mol. The van der Waals surface area contributed by atoms with Crippen LogP contribution in [0.4, 0.5) is 11.5 Å². The Bertz CT molecular complexity index is 498. The third kappa shape index (κ3) is 2.81. The van der Waals surface area contributed by atoms with Crippen molar-refractivity contribution >= 4 is 17.5 Å². The second-order valence-electron chi connectivity index (χ2n) is 4.34. The lowest BCUT2D eigenvalue weighted by atomic mass is 10.1. The van der Waals surface area contributed by atoms with Crippen molar-refractivity contribution in [1.29, 1.82) is 0 Å². The van der Waals surface area contributed by atoms with Gasteiger partial charge in [-0.25, -0.2) is 9.78 Å². The van der Waals surface area contributed by atoms with Gasteiger partial charge in [-0.15, -0.1) is 0 Å². The third-order valence-electron chi connectivity index (χ3n) is 3.10. The van der Waals surface area contributed by atoms with Crippen LogP contribution < -0.4 is 4.90 Å². The second-order valence-corrected chi connectivity index (χ2v) is 4.34. The maximum absolute atomic E-state index is 11.5. The maximum Gasteiger partial charge on any atom is 0.356 e. The Balaban J connectivity index is 2.40. The molecule has 2 rings (SSSR count). The molecule has 1 aliphatic rings. The summed E-state index contributed by atoms with van der Waals surface area (Å²) in [6.07, 6.45) is 3.06. The molecule has 102 valence electrons. The van der Waals surface area contributed by atoms with E-state index >= 15 is 0 Å². The maximum atomic E-state index is 11.5. The summed E-state index contributed by atoms with van der Waals surface area (Å²) in [7, 11) is 1.26. The number of carbonyl (C=O) groups excluding carboxylic acids is 1. The van der Waals surface area contributed by atoms with Gasteiger partial charge in [0.05, 0.1) is 12.0 Å². The van der Waals surface area contributed by atoms with Crippen LogP contribution >= 0.6 is 0 Å². The first-order valence-corrected chi connectivity index (χ1v) is 6.12. The molecule has 0 saturated carbocycles. The highest BCUT2D eigenvalue weighted by Crippen LogP contribution is 2.28. The van der Waals surface area contributed by atoms with Crippen molar-refractivity contribution in [1.82, 2.24) is 4.98 Å². The molecule has 0 radical (unpaired) electrons. The molecule has 7 nitrogen and oxygen atoms in total. The molecule has 0 aromatic carbocycles. The lowest BCUT2D eigenvalue weighted by molar-refractivity contribution is -0.384. The van der Waals surface area contributed by atoms with Crippen LogP contribution in [-0.2, 0) is 4.74 Å². The van der Waals surface area contributed by atoms with Gasteiger partial charge in [0, 0.05) is 19.2 Å². The molecule has 0 amide bonds. The van der Waals surface area contributed by atoms with Crippen molar-refractivity contribution in [3.63, 3.8) is 0 Å². The summed E-state index contributed by atoms with van der Waals surface area (Å²) >= 11 is 0. The largest absolute Gasteiger partial charge is 0.464 e. The fourth-order valence-corrected chi connectivity index (χ4v) is 2.14. The van der Waals surface area contributed by atoms with Crippen LogP contribution in [0.2, 0.25) is 0 Å². The second kappa shape index (κ2) is 5.64. The van der Waals surface area contributed by atoms with E-state index in [0.717, 1.165) is 32.4 Å². The van der Waals surface area contributed by atoms with Crippen LogP contribution in [0.1, 0.15) is 29.8 Å². The summed E-state index contributed by atoms with van der Waals surface area (Å²) in [6, 6.07) is 2.63. The van der Waals surface area contributed by atoms with E-state index in [1.165, 1.54) is 19.2 Å². The normalized spacial score (nSPS) is 15.1. The SMILES string of the molecule is COC(=O)c1ccc([N+](=O)[O-])c(N2CCCCC2)n1. The first-order valence-electron chi connectivity index (χ1n) is 6.12. The minimum absolute atomic E-state index is 0.0745. The number of esters is 1. The Morgan fingerprint density at radius 3 is 2.63 bits per heavy atom. The number of nitrogens with zero attached hydrogens (tertiary/aromatic N) is 3. The molecule has 2 heterocycles. The average molecular weight is 265 g/mol. The van der Waals surface area contributed by atoms with Gasteiger partial charge in [-0.3, -0.25) is 10.1 Å². The summed E-state index contributed by atoms with van der Waals surface area (Å²) in [5.41, 5.74) is 0.0169. The zero-order valence-corrected chi connectivity index (χ0v) is 10.7. The highest BCUT2D eigenvalue weighted by atomic mass is 16.6. The highest BCUT2D eigenvalue weighted by molar-refractivity contribution is 5.88. The summed E-state index contributed by atoms with van der Waals surface area (Å²) in [4.78, 5) is 28.0. The number of anilines is 1. The predicted molar refractivity (Wildman–Crippen MR) is 68.3 cm³/mol. The van der Waals surface area contributed by atoms with Crippen LogP contribution in [0.15, 0.2) is 12.1 Å². The zero-order chi connectivity index (χ0) is 13.8. The summed E-state index contributed by atoms with van der Waals surface area (Å²) in [5.74, 6) is -0.333. The van der Waals surface area contributed by atoms with Gasteiger partial charge in [0.1, 0.15) is 0 Å². The van der Waals surface area contributed by atoms with Crippen molar-refractivity contribution in [3.05, 3.63) is 27.9 Å². The van der Waals surface area contributed by atoms with Crippen molar-refractivity contribution in [2.24, 2.45) is 0 Å². The number of ether oxygens (including phenoxy) is 1. The van der Waals surface area contributed by atoms with E-state index in [9.17, 15) is 14.9 Å². The molecule has 7 heteroatoms. The Hall–Kier alpha value is -2.18. The van der Waals surface area contributed by atoms with E-state index in [0.29, 0.717) is 0 Å². The van der Waals surface area contributed by atoms with Crippen LogP contribution in [0.3, 0.4) is 0 Å². The van der Waals surface area contributed by atoms with E-state index in [4.69, 9.17) is 0 Å². The Labute approximate surface area is 110 Å². The van der Waals surface area contributed by atoms with E-state index in [2.05, 4.69) is 9.72 Å². The van der Waals surface area contributed by atoms with E-state index in [1.807, 2.05) is 4.90 Å². The van der Waals surface area contributed by atoms with E-state index < -0.39 is 10.9 Å². The molecule has 0 unspecified atom stereocenters. The van der Waals surface area contributed by atoms with Crippen LogP contribution in [0, 0.1) is 10.1 Å². The third-order valence-corrected chi connectivity index (χ3v) is 3.10. The lowest BCUT2D eigenvalue weighted by Gasteiger charge is -2.27. The van der Waals surface area contributed by atoms with Gasteiger partial charge in [-0.2, -0.15) is 0 Å². The summed E-state index contributed by atoms with van der Waals surface area (Å²) < 4.78 is 4.59. The predicted octanol–water partition coefficient (Wildman–Crippen LogP) is 1.77. The Morgan fingerprint density at radius 2 is 2.05 bits per heavy atom. The molecular formula is C12H15N3O4. The smallest absolute Gasteiger partial charge is 0.356 e. The molecule has 0 bridgehead atoms. The number of pyridine rings is 1. The Kier molecular flexibility index (Phi) is 3.94.